The molecule has 1 saturated heterocycles. The largest absolute Gasteiger partial charge is 0.451 e. The van der Waals surface area contributed by atoms with Gasteiger partial charge in [-0.05, 0) is 61.2 Å². The summed E-state index contributed by atoms with van der Waals surface area (Å²) in [5.74, 6) is 0.0192. The third-order valence-corrected chi connectivity index (χ3v) is 5.81. The van der Waals surface area contributed by atoms with Crippen LogP contribution in [0.2, 0.25) is 0 Å². The van der Waals surface area contributed by atoms with Gasteiger partial charge in [0.25, 0.3) is 5.91 Å². The summed E-state index contributed by atoms with van der Waals surface area (Å²) in [7, 11) is 1.79. The molecule has 152 valence electrons. The van der Waals surface area contributed by atoms with E-state index in [4.69, 9.17) is 4.42 Å². The van der Waals surface area contributed by atoms with Gasteiger partial charge in [0.15, 0.2) is 5.76 Å². The van der Waals surface area contributed by atoms with Crippen LogP contribution in [0.1, 0.15) is 41.4 Å². The monoisotopic (exact) mass is 459 g/mol. The molecule has 2 N–H and O–H groups in total. The van der Waals surface area contributed by atoms with Crippen LogP contribution in [0.15, 0.2) is 57.4 Å². The maximum absolute atomic E-state index is 13.4. The van der Waals surface area contributed by atoms with Crippen molar-refractivity contribution in [1.29, 1.82) is 0 Å². The number of nitrogens with zero attached hydrogens (tertiary/aromatic N) is 1. The molecule has 0 radical (unpaired) electrons. The highest BCUT2D eigenvalue weighted by Crippen LogP contribution is 2.26. The molecule has 1 aromatic heterocycles. The minimum Gasteiger partial charge on any atom is -0.451 e. The van der Waals surface area contributed by atoms with Gasteiger partial charge in [-0.25, -0.2) is 4.39 Å². The number of nitrogens with one attached hydrogen (secondary N) is 2. The average Bonchev–Trinajstić information content (AvgIpc) is 3.34. The van der Waals surface area contributed by atoms with Crippen LogP contribution >= 0.6 is 15.9 Å². The van der Waals surface area contributed by atoms with Gasteiger partial charge in [0.2, 0.25) is 0 Å². The van der Waals surface area contributed by atoms with Gasteiger partial charge >= 0.3 is 0 Å². The Kier molecular flexibility index (Phi) is 5.99. The van der Waals surface area contributed by atoms with E-state index in [0.717, 1.165) is 34.7 Å². The van der Waals surface area contributed by atoms with Crippen LogP contribution in [0.4, 0.5) is 4.39 Å². The van der Waals surface area contributed by atoms with Crippen LogP contribution < -0.4 is 10.9 Å². The fourth-order valence-electron chi connectivity index (χ4n) is 3.74. The highest BCUT2D eigenvalue weighted by Gasteiger charge is 2.25. The molecule has 0 saturated carbocycles. The first-order valence-electron chi connectivity index (χ1n) is 9.70. The Bertz CT molecular complexity index is 1020. The summed E-state index contributed by atoms with van der Waals surface area (Å²) in [6.07, 6.45) is 2.67. The SMILES string of the molecule is CN(CCCC1CC(c2cccc(F)c2)NN1)C(=O)c1cc2cc(Br)ccc2o1. The van der Waals surface area contributed by atoms with Gasteiger partial charge in [0, 0.05) is 35.5 Å². The molecule has 2 heterocycles. The Hall–Kier alpha value is -2.22. The molecule has 1 fully saturated rings. The number of hydrazine groups is 1. The molecule has 2 unspecified atom stereocenters. The predicted octanol–water partition coefficient (Wildman–Crippen LogP) is 4.79. The minimum atomic E-state index is -0.217. The highest BCUT2D eigenvalue weighted by atomic mass is 79.9. The second-order valence-corrected chi connectivity index (χ2v) is 8.41. The highest BCUT2D eigenvalue weighted by molar-refractivity contribution is 9.10. The Morgan fingerprint density at radius 3 is 2.93 bits per heavy atom. The maximum atomic E-state index is 13.4. The Morgan fingerprint density at radius 1 is 1.24 bits per heavy atom. The second-order valence-electron chi connectivity index (χ2n) is 7.49. The molecule has 29 heavy (non-hydrogen) atoms. The number of halogens is 2. The third kappa shape index (κ3) is 4.69. The van der Waals surface area contributed by atoms with Crippen molar-refractivity contribution in [2.45, 2.75) is 31.3 Å². The van der Waals surface area contributed by atoms with Gasteiger partial charge in [0.1, 0.15) is 11.4 Å². The number of amides is 1. The van der Waals surface area contributed by atoms with Crippen LogP contribution in [0.25, 0.3) is 11.0 Å². The lowest BCUT2D eigenvalue weighted by Crippen LogP contribution is -2.32. The second kappa shape index (κ2) is 8.65. The minimum absolute atomic E-state index is 0.102. The average molecular weight is 460 g/mol. The Balaban J connectivity index is 1.27. The quantitative estimate of drug-likeness (QED) is 0.555. The van der Waals surface area contributed by atoms with E-state index in [-0.39, 0.29) is 23.8 Å². The molecule has 3 aromatic rings. The predicted molar refractivity (Wildman–Crippen MR) is 114 cm³/mol. The summed E-state index contributed by atoms with van der Waals surface area (Å²) < 4.78 is 20.1. The first-order valence-corrected chi connectivity index (χ1v) is 10.5. The van der Waals surface area contributed by atoms with E-state index in [9.17, 15) is 9.18 Å². The number of hydrogen-bond donors (Lipinski definition) is 2. The van der Waals surface area contributed by atoms with E-state index < -0.39 is 0 Å². The molecule has 1 aliphatic heterocycles. The van der Waals surface area contributed by atoms with Gasteiger partial charge in [-0.15, -0.1) is 0 Å². The van der Waals surface area contributed by atoms with E-state index in [0.29, 0.717) is 17.9 Å². The van der Waals surface area contributed by atoms with Crippen molar-refractivity contribution in [2.75, 3.05) is 13.6 Å². The maximum Gasteiger partial charge on any atom is 0.289 e. The molecular formula is C22H23BrFN3O2. The number of carbonyl (C=O) groups excluding carboxylic acids is 1. The van der Waals surface area contributed by atoms with Crippen LogP contribution in [-0.2, 0) is 0 Å². The van der Waals surface area contributed by atoms with Gasteiger partial charge in [-0.3, -0.25) is 15.6 Å². The van der Waals surface area contributed by atoms with E-state index in [1.807, 2.05) is 24.3 Å². The summed E-state index contributed by atoms with van der Waals surface area (Å²) >= 11 is 3.43. The zero-order valence-corrected chi connectivity index (χ0v) is 17.7. The lowest BCUT2D eigenvalue weighted by Gasteiger charge is -2.17. The van der Waals surface area contributed by atoms with Gasteiger partial charge < -0.3 is 9.32 Å². The number of carbonyl (C=O) groups is 1. The first kappa shape index (κ1) is 20.1. The Morgan fingerprint density at radius 2 is 2.10 bits per heavy atom. The van der Waals surface area contributed by atoms with Crippen LogP contribution in [0, 0.1) is 5.82 Å². The van der Waals surface area contributed by atoms with Crippen LogP contribution in [-0.4, -0.2) is 30.4 Å². The van der Waals surface area contributed by atoms with E-state index in [1.165, 1.54) is 6.07 Å². The molecule has 4 rings (SSSR count). The normalized spacial score (nSPS) is 19.0. The van der Waals surface area contributed by atoms with Crippen molar-refractivity contribution in [1.82, 2.24) is 15.8 Å². The molecule has 7 heteroatoms. The van der Waals surface area contributed by atoms with E-state index in [1.54, 1.807) is 30.1 Å². The fraction of sp³-hybridized carbons (Fsp3) is 0.318. The lowest BCUT2D eigenvalue weighted by molar-refractivity contribution is 0.0762. The molecule has 5 nitrogen and oxygen atoms in total. The number of hydrogen-bond acceptors (Lipinski definition) is 4. The van der Waals surface area contributed by atoms with E-state index in [2.05, 4.69) is 26.8 Å². The molecule has 0 aliphatic carbocycles. The molecule has 2 aromatic carbocycles. The lowest BCUT2D eigenvalue weighted by atomic mass is 9.99. The summed E-state index contributed by atoms with van der Waals surface area (Å²) in [6.45, 7) is 0.641. The van der Waals surface area contributed by atoms with Crippen molar-refractivity contribution < 1.29 is 13.6 Å². The van der Waals surface area contributed by atoms with Crippen molar-refractivity contribution >= 4 is 32.8 Å². The topological polar surface area (TPSA) is 57.5 Å². The molecular weight excluding hydrogens is 437 g/mol. The van der Waals surface area contributed by atoms with Gasteiger partial charge in [-0.2, -0.15) is 0 Å². The van der Waals surface area contributed by atoms with Crippen molar-refractivity contribution in [3.05, 3.63) is 70.1 Å². The summed E-state index contributed by atoms with van der Waals surface area (Å²) in [5.41, 5.74) is 8.18. The summed E-state index contributed by atoms with van der Waals surface area (Å²) in [6, 6.07) is 14.5. The molecule has 1 aliphatic rings. The van der Waals surface area contributed by atoms with Crippen molar-refractivity contribution in [2.24, 2.45) is 0 Å². The van der Waals surface area contributed by atoms with Crippen molar-refractivity contribution in [3.63, 3.8) is 0 Å². The number of benzene rings is 2. The summed E-state index contributed by atoms with van der Waals surface area (Å²) in [4.78, 5) is 14.3. The van der Waals surface area contributed by atoms with E-state index >= 15 is 0 Å². The summed E-state index contributed by atoms with van der Waals surface area (Å²) in [5, 5.41) is 0.903. The molecule has 0 spiro atoms. The third-order valence-electron chi connectivity index (χ3n) is 5.31. The Labute approximate surface area is 177 Å². The van der Waals surface area contributed by atoms with Gasteiger partial charge in [0.05, 0.1) is 0 Å². The smallest absolute Gasteiger partial charge is 0.289 e. The van der Waals surface area contributed by atoms with Crippen LogP contribution in [0.5, 0.6) is 0 Å². The standard InChI is InChI=1S/C22H23BrFN3O2/c1-27(22(28)21-12-15-10-16(23)7-8-20(15)29-21)9-3-6-18-13-19(26-25-18)14-4-2-5-17(24)11-14/h2,4-5,7-8,10-12,18-19,25-26H,3,6,9,13H2,1H3. The molecule has 2 atom stereocenters. The van der Waals surface area contributed by atoms with Crippen LogP contribution in [0.3, 0.4) is 0 Å². The van der Waals surface area contributed by atoms with Gasteiger partial charge in [-0.1, -0.05) is 28.1 Å². The van der Waals surface area contributed by atoms with Crippen molar-refractivity contribution in [3.8, 4) is 0 Å². The first-order chi connectivity index (χ1) is 14.0. The number of fused-ring (bicyclic) bond motifs is 1. The number of furan rings is 1. The zero-order chi connectivity index (χ0) is 20.4. The fourth-order valence-corrected chi connectivity index (χ4v) is 4.12. The zero-order valence-electron chi connectivity index (χ0n) is 16.1. The molecule has 1 amide bonds. The molecule has 0 bridgehead atoms. The number of rotatable bonds is 6.